The number of carbonyl (C=O) groups is 3. The number of thioether (sulfide) groups is 1. The minimum Gasteiger partial charge on any atom is -0.490 e. The fraction of sp³-hybridized carbons (Fsp3) is 0.269. The Hall–Kier alpha value is -3.23. The number of nitrogens with zero attached hydrogens (tertiary/aromatic N) is 1. The summed E-state index contributed by atoms with van der Waals surface area (Å²) in [6.07, 6.45) is 3.85. The lowest BCUT2D eigenvalue weighted by atomic mass is 10.0. The highest BCUT2D eigenvalue weighted by molar-refractivity contribution is 8.18. The number of rotatable bonds is 11. The highest BCUT2D eigenvalue weighted by atomic mass is 35.5. The van der Waals surface area contributed by atoms with Crippen molar-refractivity contribution in [3.63, 3.8) is 0 Å². The van der Waals surface area contributed by atoms with Crippen molar-refractivity contribution in [3.05, 3.63) is 75.7 Å². The SMILES string of the molecule is C=CCc1cc(/C=C2\SC(=O)N(CC(=O)OCC)C2=O)cc(OCC)c1OCc1ccc(Cl)cc1. The number of hydrogen-bond acceptors (Lipinski definition) is 7. The second kappa shape index (κ2) is 12.5. The summed E-state index contributed by atoms with van der Waals surface area (Å²) in [7, 11) is 0. The van der Waals surface area contributed by atoms with E-state index in [2.05, 4.69) is 6.58 Å². The Balaban J connectivity index is 1.89. The van der Waals surface area contributed by atoms with E-state index >= 15 is 0 Å². The van der Waals surface area contributed by atoms with Gasteiger partial charge in [-0.3, -0.25) is 19.3 Å². The Morgan fingerprint density at radius 1 is 1.11 bits per heavy atom. The van der Waals surface area contributed by atoms with E-state index in [1.54, 1.807) is 37.3 Å². The first-order chi connectivity index (χ1) is 16.9. The van der Waals surface area contributed by atoms with Gasteiger partial charge in [-0.2, -0.15) is 0 Å². The van der Waals surface area contributed by atoms with E-state index in [4.69, 9.17) is 25.8 Å². The van der Waals surface area contributed by atoms with Crippen molar-refractivity contribution in [3.8, 4) is 11.5 Å². The summed E-state index contributed by atoms with van der Waals surface area (Å²) in [5.74, 6) is -0.0865. The van der Waals surface area contributed by atoms with Gasteiger partial charge in [-0.15, -0.1) is 6.58 Å². The third-order valence-electron chi connectivity index (χ3n) is 4.88. The van der Waals surface area contributed by atoms with Crippen LogP contribution >= 0.6 is 23.4 Å². The molecule has 0 N–H and O–H groups in total. The lowest BCUT2D eigenvalue weighted by Crippen LogP contribution is -2.34. The maximum atomic E-state index is 12.8. The van der Waals surface area contributed by atoms with E-state index in [1.165, 1.54) is 0 Å². The Morgan fingerprint density at radius 2 is 1.86 bits per heavy atom. The monoisotopic (exact) mass is 515 g/mol. The molecule has 35 heavy (non-hydrogen) atoms. The number of ether oxygens (including phenoxy) is 3. The van der Waals surface area contributed by atoms with E-state index in [1.807, 2.05) is 25.1 Å². The van der Waals surface area contributed by atoms with Crippen LogP contribution in [-0.2, 0) is 27.4 Å². The lowest BCUT2D eigenvalue weighted by molar-refractivity contribution is -0.145. The number of carbonyl (C=O) groups excluding carboxylic acids is 3. The molecule has 0 aliphatic carbocycles. The Bertz CT molecular complexity index is 1150. The van der Waals surface area contributed by atoms with Crippen LogP contribution in [0.3, 0.4) is 0 Å². The third kappa shape index (κ3) is 6.90. The van der Waals surface area contributed by atoms with Crippen LogP contribution in [0, 0.1) is 0 Å². The van der Waals surface area contributed by atoms with Crippen LogP contribution < -0.4 is 9.47 Å². The van der Waals surface area contributed by atoms with Gasteiger partial charge in [0, 0.05) is 10.6 Å². The molecule has 1 aliphatic heterocycles. The molecule has 2 aromatic carbocycles. The van der Waals surface area contributed by atoms with Crippen molar-refractivity contribution in [1.29, 1.82) is 0 Å². The van der Waals surface area contributed by atoms with Crippen molar-refractivity contribution in [1.82, 2.24) is 4.90 Å². The topological polar surface area (TPSA) is 82.1 Å². The van der Waals surface area contributed by atoms with Crippen LogP contribution in [0.1, 0.15) is 30.5 Å². The summed E-state index contributed by atoms with van der Waals surface area (Å²) >= 11 is 6.74. The van der Waals surface area contributed by atoms with E-state index in [9.17, 15) is 14.4 Å². The van der Waals surface area contributed by atoms with Crippen LogP contribution in [0.4, 0.5) is 4.79 Å². The molecule has 7 nitrogen and oxygen atoms in total. The van der Waals surface area contributed by atoms with E-state index in [0.29, 0.717) is 41.7 Å². The molecule has 0 unspecified atom stereocenters. The molecule has 9 heteroatoms. The van der Waals surface area contributed by atoms with Crippen molar-refractivity contribution < 1.29 is 28.6 Å². The largest absolute Gasteiger partial charge is 0.490 e. The molecular weight excluding hydrogens is 490 g/mol. The number of allylic oxidation sites excluding steroid dienone is 1. The molecular formula is C26H26ClNO6S. The fourth-order valence-electron chi connectivity index (χ4n) is 3.36. The Morgan fingerprint density at radius 3 is 2.51 bits per heavy atom. The zero-order valence-electron chi connectivity index (χ0n) is 19.5. The average Bonchev–Trinajstić information content (AvgIpc) is 3.07. The highest BCUT2D eigenvalue weighted by Crippen LogP contribution is 2.37. The van der Waals surface area contributed by atoms with Crippen molar-refractivity contribution in [2.75, 3.05) is 19.8 Å². The summed E-state index contributed by atoms with van der Waals surface area (Å²) in [6, 6.07) is 11.0. The van der Waals surface area contributed by atoms with Gasteiger partial charge < -0.3 is 14.2 Å². The summed E-state index contributed by atoms with van der Waals surface area (Å²) in [5, 5.41) is 0.126. The molecule has 0 atom stereocenters. The van der Waals surface area contributed by atoms with Gasteiger partial charge in [-0.05, 0) is 73.5 Å². The number of esters is 1. The predicted molar refractivity (Wildman–Crippen MR) is 137 cm³/mol. The number of imide groups is 1. The van der Waals surface area contributed by atoms with E-state index < -0.39 is 23.7 Å². The zero-order valence-corrected chi connectivity index (χ0v) is 21.1. The van der Waals surface area contributed by atoms with Gasteiger partial charge in [0.05, 0.1) is 18.1 Å². The second-order valence-electron chi connectivity index (χ2n) is 7.42. The molecule has 1 saturated heterocycles. The van der Waals surface area contributed by atoms with Gasteiger partial charge in [0.2, 0.25) is 0 Å². The summed E-state index contributed by atoms with van der Waals surface area (Å²) in [6.45, 7) is 7.82. The summed E-state index contributed by atoms with van der Waals surface area (Å²) in [4.78, 5) is 37.9. The van der Waals surface area contributed by atoms with Gasteiger partial charge in [-0.1, -0.05) is 29.8 Å². The fourth-order valence-corrected chi connectivity index (χ4v) is 4.32. The molecule has 0 bridgehead atoms. The van der Waals surface area contributed by atoms with Crippen molar-refractivity contribution in [2.24, 2.45) is 0 Å². The van der Waals surface area contributed by atoms with Gasteiger partial charge in [0.25, 0.3) is 11.1 Å². The van der Waals surface area contributed by atoms with Crippen LogP contribution in [0.15, 0.2) is 54.0 Å². The smallest absolute Gasteiger partial charge is 0.326 e. The molecule has 1 fully saturated rings. The lowest BCUT2D eigenvalue weighted by Gasteiger charge is -2.17. The van der Waals surface area contributed by atoms with E-state index in [-0.39, 0.29) is 11.5 Å². The standard InChI is InChI=1S/C26H26ClNO6S/c1-4-7-19-12-18(14-22-25(30)28(26(31)35-22)15-23(29)33-6-3)13-21(32-5-2)24(19)34-16-17-8-10-20(27)11-9-17/h4,8-14H,1,5-7,15-16H2,2-3H3/b22-14-. The average molecular weight is 516 g/mol. The molecule has 1 heterocycles. The van der Waals surface area contributed by atoms with E-state index in [0.717, 1.165) is 27.8 Å². The minimum absolute atomic E-state index is 0.170. The van der Waals surface area contributed by atoms with Gasteiger partial charge in [0.15, 0.2) is 11.5 Å². The molecule has 3 rings (SSSR count). The summed E-state index contributed by atoms with van der Waals surface area (Å²) in [5.41, 5.74) is 2.42. The first-order valence-corrected chi connectivity index (χ1v) is 12.2. The van der Waals surface area contributed by atoms with Crippen LogP contribution in [0.25, 0.3) is 6.08 Å². The van der Waals surface area contributed by atoms with Crippen molar-refractivity contribution >= 4 is 46.6 Å². The Kier molecular flexibility index (Phi) is 9.39. The number of halogens is 1. The zero-order chi connectivity index (χ0) is 25.4. The molecule has 1 aliphatic rings. The quantitative estimate of drug-likeness (QED) is 0.217. The molecule has 2 aromatic rings. The first-order valence-electron chi connectivity index (χ1n) is 11.0. The minimum atomic E-state index is -0.634. The van der Waals surface area contributed by atoms with Crippen LogP contribution in [0.5, 0.6) is 11.5 Å². The summed E-state index contributed by atoms with van der Waals surface area (Å²) < 4.78 is 16.8. The molecule has 0 radical (unpaired) electrons. The molecule has 0 spiro atoms. The van der Waals surface area contributed by atoms with Gasteiger partial charge >= 0.3 is 5.97 Å². The number of benzene rings is 2. The maximum absolute atomic E-state index is 12.8. The Labute approximate surface area is 213 Å². The highest BCUT2D eigenvalue weighted by Gasteiger charge is 2.36. The molecule has 2 amide bonds. The molecule has 184 valence electrons. The normalized spacial score (nSPS) is 14.4. The van der Waals surface area contributed by atoms with Gasteiger partial charge in [0.1, 0.15) is 13.2 Å². The molecule has 0 aromatic heterocycles. The number of amides is 2. The number of hydrogen-bond donors (Lipinski definition) is 0. The second-order valence-corrected chi connectivity index (χ2v) is 8.85. The maximum Gasteiger partial charge on any atom is 0.326 e. The predicted octanol–water partition coefficient (Wildman–Crippen LogP) is 5.65. The molecule has 0 saturated carbocycles. The third-order valence-corrected chi connectivity index (χ3v) is 6.04. The van der Waals surface area contributed by atoms with Crippen molar-refractivity contribution in [2.45, 2.75) is 26.9 Å². The van der Waals surface area contributed by atoms with Crippen LogP contribution in [-0.4, -0.2) is 41.8 Å². The van der Waals surface area contributed by atoms with Crippen LogP contribution in [0.2, 0.25) is 5.02 Å². The van der Waals surface area contributed by atoms with Gasteiger partial charge in [-0.25, -0.2) is 0 Å². The first kappa shape index (κ1) is 26.4.